The molecular formula is C14H19ClN2O4. The van der Waals surface area contributed by atoms with Crippen LogP contribution >= 0.6 is 11.6 Å². The van der Waals surface area contributed by atoms with Gasteiger partial charge in [0.15, 0.2) is 0 Å². The summed E-state index contributed by atoms with van der Waals surface area (Å²) >= 11 is 5.77. The van der Waals surface area contributed by atoms with Crippen LogP contribution in [0.15, 0.2) is 18.2 Å². The van der Waals surface area contributed by atoms with Crippen molar-refractivity contribution in [3.8, 4) is 0 Å². The van der Waals surface area contributed by atoms with Crippen LogP contribution in [0.1, 0.15) is 37.6 Å². The summed E-state index contributed by atoms with van der Waals surface area (Å²) in [5.41, 5.74) is -1.51. The number of nitrogens with zero attached hydrogens (tertiary/aromatic N) is 1. The summed E-state index contributed by atoms with van der Waals surface area (Å²) in [6, 6.07) is 3.78. The Morgan fingerprint density at radius 1 is 1.52 bits per heavy atom. The van der Waals surface area contributed by atoms with Gasteiger partial charge >= 0.3 is 0 Å². The monoisotopic (exact) mass is 314 g/mol. The minimum Gasteiger partial charge on any atom is -0.388 e. The smallest absolute Gasteiger partial charge is 0.282 e. The topological polar surface area (TPSA) is 92.5 Å². The summed E-state index contributed by atoms with van der Waals surface area (Å²) in [6.45, 7) is 5.53. The zero-order valence-corrected chi connectivity index (χ0v) is 13.0. The largest absolute Gasteiger partial charge is 0.388 e. The van der Waals surface area contributed by atoms with Gasteiger partial charge in [-0.3, -0.25) is 14.9 Å². The molecule has 0 saturated carbocycles. The third-order valence-corrected chi connectivity index (χ3v) is 3.11. The maximum atomic E-state index is 12.1. The minimum atomic E-state index is -1.07. The average Bonchev–Trinajstić information content (AvgIpc) is 2.34. The van der Waals surface area contributed by atoms with Gasteiger partial charge in [-0.15, -0.1) is 0 Å². The molecule has 0 bridgehead atoms. The van der Waals surface area contributed by atoms with Crippen molar-refractivity contribution in [1.29, 1.82) is 0 Å². The zero-order valence-electron chi connectivity index (χ0n) is 12.2. The molecule has 6 nitrogen and oxygen atoms in total. The molecule has 1 aromatic carbocycles. The van der Waals surface area contributed by atoms with E-state index in [1.54, 1.807) is 6.92 Å². The number of halogens is 1. The molecular weight excluding hydrogens is 296 g/mol. The number of benzene rings is 1. The lowest BCUT2D eigenvalue weighted by Crippen LogP contribution is -2.41. The number of hydrogen-bond acceptors (Lipinski definition) is 4. The van der Waals surface area contributed by atoms with Crippen molar-refractivity contribution in [2.45, 2.75) is 32.8 Å². The molecule has 21 heavy (non-hydrogen) atoms. The van der Waals surface area contributed by atoms with E-state index in [1.165, 1.54) is 18.2 Å². The van der Waals surface area contributed by atoms with Crippen LogP contribution in [0.5, 0.6) is 0 Å². The highest BCUT2D eigenvalue weighted by Crippen LogP contribution is 2.23. The van der Waals surface area contributed by atoms with E-state index in [4.69, 9.17) is 11.6 Å². The number of nitro groups is 1. The van der Waals surface area contributed by atoms with Crippen molar-refractivity contribution in [3.05, 3.63) is 38.9 Å². The average molecular weight is 315 g/mol. The molecule has 0 aromatic heterocycles. The number of aliphatic hydroxyl groups is 1. The zero-order chi connectivity index (χ0) is 16.2. The third kappa shape index (κ3) is 5.32. The van der Waals surface area contributed by atoms with E-state index in [0.29, 0.717) is 6.42 Å². The third-order valence-electron chi connectivity index (χ3n) is 2.88. The van der Waals surface area contributed by atoms with Gasteiger partial charge in [-0.1, -0.05) is 25.4 Å². The molecule has 0 heterocycles. The first-order valence-corrected chi connectivity index (χ1v) is 6.95. The first-order chi connectivity index (χ1) is 9.62. The van der Waals surface area contributed by atoms with Gasteiger partial charge in [-0.05, 0) is 31.4 Å². The predicted octanol–water partition coefficient (Wildman–Crippen LogP) is 2.78. The van der Waals surface area contributed by atoms with Gasteiger partial charge < -0.3 is 10.4 Å². The molecule has 1 unspecified atom stereocenters. The number of carbonyl (C=O) groups excluding carboxylic acids is 1. The summed E-state index contributed by atoms with van der Waals surface area (Å²) in [7, 11) is 0. The van der Waals surface area contributed by atoms with Gasteiger partial charge in [-0.2, -0.15) is 0 Å². The van der Waals surface area contributed by atoms with E-state index in [2.05, 4.69) is 5.32 Å². The highest BCUT2D eigenvalue weighted by molar-refractivity contribution is 6.31. The fourth-order valence-electron chi connectivity index (χ4n) is 2.17. The quantitative estimate of drug-likeness (QED) is 0.623. The summed E-state index contributed by atoms with van der Waals surface area (Å²) in [5.74, 6) is -0.370. The molecule has 1 atom stereocenters. The summed E-state index contributed by atoms with van der Waals surface area (Å²) in [6.07, 6.45) is 0.505. The van der Waals surface area contributed by atoms with Crippen LogP contribution in [0.25, 0.3) is 0 Å². The van der Waals surface area contributed by atoms with Gasteiger partial charge in [0.2, 0.25) is 0 Å². The van der Waals surface area contributed by atoms with Crippen molar-refractivity contribution in [2.24, 2.45) is 5.92 Å². The molecule has 7 heteroatoms. The molecule has 0 radical (unpaired) electrons. The standard InChI is InChI=1S/C14H19ClN2O4/c1-9(2)7-14(3,19)8-16-13(18)11-6-10(15)4-5-12(11)17(20)21/h4-6,9,19H,7-8H2,1-3H3,(H,16,18). The summed E-state index contributed by atoms with van der Waals surface area (Å²) in [4.78, 5) is 22.3. The Hall–Kier alpha value is -1.66. The van der Waals surface area contributed by atoms with Crippen LogP contribution in [-0.2, 0) is 0 Å². The normalized spacial score (nSPS) is 13.8. The van der Waals surface area contributed by atoms with Gasteiger partial charge in [0.05, 0.1) is 10.5 Å². The van der Waals surface area contributed by atoms with Crippen LogP contribution in [0.3, 0.4) is 0 Å². The van der Waals surface area contributed by atoms with E-state index < -0.39 is 16.4 Å². The first kappa shape index (κ1) is 17.4. The van der Waals surface area contributed by atoms with Crippen molar-refractivity contribution in [1.82, 2.24) is 5.32 Å². The predicted molar refractivity (Wildman–Crippen MR) is 80.5 cm³/mol. The van der Waals surface area contributed by atoms with Gasteiger partial charge in [0.1, 0.15) is 5.56 Å². The van der Waals surface area contributed by atoms with Crippen molar-refractivity contribution < 1.29 is 14.8 Å². The molecule has 1 aromatic rings. The van der Waals surface area contributed by atoms with Crippen LogP contribution < -0.4 is 5.32 Å². The number of amides is 1. The van der Waals surface area contributed by atoms with Gasteiger partial charge in [0, 0.05) is 17.6 Å². The number of nitrogens with one attached hydrogen (secondary N) is 1. The maximum absolute atomic E-state index is 12.1. The highest BCUT2D eigenvalue weighted by Gasteiger charge is 2.25. The summed E-state index contributed by atoms with van der Waals surface area (Å²) in [5, 5.41) is 23.8. The fourth-order valence-corrected chi connectivity index (χ4v) is 2.34. The molecule has 2 N–H and O–H groups in total. The Kier molecular flexibility index (Phi) is 5.69. The molecule has 0 aliphatic carbocycles. The molecule has 116 valence electrons. The SMILES string of the molecule is CC(C)CC(C)(O)CNC(=O)c1cc(Cl)ccc1[N+](=O)[O-]. The van der Waals surface area contributed by atoms with E-state index >= 15 is 0 Å². The van der Waals surface area contributed by atoms with Crippen LogP contribution in [0, 0.1) is 16.0 Å². The fraction of sp³-hybridized carbons (Fsp3) is 0.500. The van der Waals surface area contributed by atoms with Crippen LogP contribution in [0.2, 0.25) is 5.02 Å². The molecule has 0 aliphatic heterocycles. The Bertz CT molecular complexity index is 544. The molecule has 1 rings (SSSR count). The first-order valence-electron chi connectivity index (χ1n) is 6.57. The number of nitro benzene ring substituents is 1. The van der Waals surface area contributed by atoms with Gasteiger partial charge in [-0.25, -0.2) is 0 Å². The van der Waals surface area contributed by atoms with Crippen molar-refractivity contribution in [2.75, 3.05) is 6.54 Å². The molecule has 0 spiro atoms. The second-order valence-electron chi connectivity index (χ2n) is 5.70. The maximum Gasteiger partial charge on any atom is 0.282 e. The van der Waals surface area contributed by atoms with E-state index in [1.807, 2.05) is 13.8 Å². The Morgan fingerprint density at radius 2 is 2.14 bits per heavy atom. The second-order valence-corrected chi connectivity index (χ2v) is 6.13. The minimum absolute atomic E-state index is 0.00762. The van der Waals surface area contributed by atoms with E-state index in [0.717, 1.165) is 0 Å². The van der Waals surface area contributed by atoms with E-state index in [9.17, 15) is 20.0 Å². The number of hydrogen-bond donors (Lipinski definition) is 2. The molecule has 1 amide bonds. The highest BCUT2D eigenvalue weighted by atomic mass is 35.5. The molecule has 0 saturated heterocycles. The van der Waals surface area contributed by atoms with Gasteiger partial charge in [0.25, 0.3) is 11.6 Å². The number of carbonyl (C=O) groups is 1. The Morgan fingerprint density at radius 3 is 2.67 bits per heavy atom. The lowest BCUT2D eigenvalue weighted by molar-refractivity contribution is -0.385. The Labute approximate surface area is 128 Å². The van der Waals surface area contributed by atoms with E-state index in [-0.39, 0.29) is 28.7 Å². The van der Waals surface area contributed by atoms with Crippen molar-refractivity contribution >= 4 is 23.2 Å². The van der Waals surface area contributed by atoms with Crippen LogP contribution in [0.4, 0.5) is 5.69 Å². The van der Waals surface area contributed by atoms with Crippen LogP contribution in [-0.4, -0.2) is 28.1 Å². The van der Waals surface area contributed by atoms with Crippen molar-refractivity contribution in [3.63, 3.8) is 0 Å². The Balaban J connectivity index is 2.85. The lowest BCUT2D eigenvalue weighted by Gasteiger charge is -2.25. The molecule has 0 aliphatic rings. The summed E-state index contributed by atoms with van der Waals surface area (Å²) < 4.78 is 0. The molecule has 0 fully saturated rings. The number of rotatable bonds is 6. The lowest BCUT2D eigenvalue weighted by atomic mass is 9.94. The second kappa shape index (κ2) is 6.87.